The van der Waals surface area contributed by atoms with Gasteiger partial charge in [0.1, 0.15) is 5.75 Å². The molecule has 4 aromatic carbocycles. The molecule has 6 aromatic rings. The average Bonchev–Trinajstić information content (AvgIpc) is 3.68. The van der Waals surface area contributed by atoms with Crippen LogP contribution in [0.25, 0.3) is 43.6 Å². The fraction of sp³-hybridized carbons (Fsp3) is 0.206. The summed E-state index contributed by atoms with van der Waals surface area (Å²) >= 11 is 0. The molecular formula is C34H25N3O6. The molecule has 2 amide bonds. The third-order valence-corrected chi connectivity index (χ3v) is 9.85. The van der Waals surface area contributed by atoms with Crippen molar-refractivity contribution >= 4 is 61.4 Å². The first-order valence-electron chi connectivity index (χ1n) is 14.3. The molecule has 1 aliphatic carbocycles. The van der Waals surface area contributed by atoms with Crippen LogP contribution in [0.4, 0.5) is 0 Å². The number of fused-ring (bicyclic) bond motifs is 13. The molecule has 3 unspecified atom stereocenters. The smallest absolute Gasteiger partial charge is 0.337 e. The van der Waals surface area contributed by atoms with Gasteiger partial charge in [0.15, 0.2) is 5.60 Å². The summed E-state index contributed by atoms with van der Waals surface area (Å²) in [5.41, 5.74) is 2.56. The summed E-state index contributed by atoms with van der Waals surface area (Å²) in [5.74, 6) is -1.32. The number of methoxy groups -OCH3 is 1. The lowest BCUT2D eigenvalue weighted by Gasteiger charge is -2.29. The normalized spacial score (nSPS) is 22.4. The Labute approximate surface area is 244 Å². The molecule has 2 aromatic heterocycles. The molecule has 0 saturated heterocycles. The van der Waals surface area contributed by atoms with Gasteiger partial charge in [0.05, 0.1) is 41.9 Å². The van der Waals surface area contributed by atoms with E-state index in [1.807, 2.05) is 65.2 Å². The van der Waals surface area contributed by atoms with Gasteiger partial charge < -0.3 is 24.1 Å². The number of aromatic nitrogens is 2. The predicted octanol–water partition coefficient (Wildman–Crippen LogP) is 5.41. The van der Waals surface area contributed by atoms with Gasteiger partial charge in [0.2, 0.25) is 0 Å². The van der Waals surface area contributed by atoms with E-state index in [0.717, 1.165) is 32.9 Å². The molecule has 9 rings (SSSR count). The second-order valence-electron chi connectivity index (χ2n) is 11.9. The number of ether oxygens (including phenoxy) is 1. The van der Waals surface area contributed by atoms with Gasteiger partial charge >= 0.3 is 5.97 Å². The Balaban J connectivity index is 1.43. The van der Waals surface area contributed by atoms with Crippen molar-refractivity contribution in [2.45, 2.75) is 37.1 Å². The van der Waals surface area contributed by atoms with Crippen LogP contribution in [0.1, 0.15) is 51.2 Å². The first-order valence-corrected chi connectivity index (χ1v) is 14.3. The minimum atomic E-state index is -2.01. The Morgan fingerprint density at radius 3 is 2.00 bits per heavy atom. The molecule has 2 N–H and O–H groups in total. The van der Waals surface area contributed by atoms with Crippen LogP contribution >= 0.6 is 0 Å². The molecule has 9 nitrogen and oxygen atoms in total. The first kappa shape index (κ1) is 24.4. The van der Waals surface area contributed by atoms with Crippen molar-refractivity contribution in [3.63, 3.8) is 0 Å². The molecule has 9 heteroatoms. The standard InChI is InChI=1S/C34H25N3O6/c1-43-19-12-10-17(11-13-19)16-35-31(38)27-25-20-6-2-4-8-22(20)36-18-14-24(34(42,15-18)33(40)41)37-23-9-5-3-7-21(23)26(28(27)32(35)39)30(37)29(25)36/h2-13,18,24,42H,14-16H2,1H3,(H,40,41). The molecule has 212 valence electrons. The first-order chi connectivity index (χ1) is 20.8. The van der Waals surface area contributed by atoms with Crippen molar-refractivity contribution in [2.24, 2.45) is 0 Å². The van der Waals surface area contributed by atoms with Gasteiger partial charge in [-0.05, 0) is 36.2 Å². The van der Waals surface area contributed by atoms with E-state index in [1.54, 1.807) is 19.2 Å². The van der Waals surface area contributed by atoms with Crippen molar-refractivity contribution in [3.8, 4) is 5.75 Å². The zero-order chi connectivity index (χ0) is 29.4. The largest absolute Gasteiger partial charge is 0.497 e. The zero-order valence-corrected chi connectivity index (χ0v) is 23.1. The maximum absolute atomic E-state index is 14.4. The molecule has 2 bridgehead atoms. The van der Waals surface area contributed by atoms with E-state index in [1.165, 1.54) is 4.90 Å². The summed E-state index contributed by atoms with van der Waals surface area (Å²) in [6.07, 6.45) is 0.428. The van der Waals surface area contributed by atoms with Gasteiger partial charge in [0, 0.05) is 45.0 Å². The number of imide groups is 1. The Bertz CT molecular complexity index is 2260. The van der Waals surface area contributed by atoms with Gasteiger partial charge in [-0.3, -0.25) is 14.5 Å². The number of aliphatic carboxylic acids is 1. The lowest BCUT2D eigenvalue weighted by molar-refractivity contribution is -0.161. The summed E-state index contributed by atoms with van der Waals surface area (Å²) in [6, 6.07) is 21.5. The molecule has 1 saturated carbocycles. The number of aliphatic hydroxyl groups is 1. The Morgan fingerprint density at radius 2 is 1.42 bits per heavy atom. The summed E-state index contributed by atoms with van der Waals surface area (Å²) in [5, 5.41) is 25.0. The molecule has 43 heavy (non-hydrogen) atoms. The van der Waals surface area contributed by atoms with Crippen LogP contribution in [-0.4, -0.2) is 54.7 Å². The van der Waals surface area contributed by atoms with Crippen LogP contribution in [0.2, 0.25) is 0 Å². The number of carbonyl (C=O) groups is 3. The van der Waals surface area contributed by atoms with Crippen molar-refractivity contribution in [2.75, 3.05) is 7.11 Å². The molecule has 3 atom stereocenters. The molecule has 1 fully saturated rings. The minimum absolute atomic E-state index is 0.0295. The van der Waals surface area contributed by atoms with E-state index in [-0.39, 0.29) is 30.8 Å². The fourth-order valence-corrected chi connectivity index (χ4v) is 8.08. The van der Waals surface area contributed by atoms with Gasteiger partial charge in [-0.1, -0.05) is 48.5 Å². The summed E-state index contributed by atoms with van der Waals surface area (Å²) in [7, 11) is 1.58. The van der Waals surface area contributed by atoms with Gasteiger partial charge in [-0.15, -0.1) is 0 Å². The number of carboxylic acids is 1. The minimum Gasteiger partial charge on any atom is -0.497 e. The van der Waals surface area contributed by atoms with Crippen molar-refractivity contribution in [1.29, 1.82) is 0 Å². The van der Waals surface area contributed by atoms with Crippen LogP contribution in [0.3, 0.4) is 0 Å². The van der Waals surface area contributed by atoms with E-state index in [4.69, 9.17) is 4.74 Å². The number of nitrogens with zero attached hydrogens (tertiary/aromatic N) is 3. The van der Waals surface area contributed by atoms with Crippen LogP contribution in [0.5, 0.6) is 5.75 Å². The third kappa shape index (κ3) is 2.83. The van der Waals surface area contributed by atoms with Crippen LogP contribution < -0.4 is 4.74 Å². The molecule has 4 heterocycles. The quantitative estimate of drug-likeness (QED) is 0.274. The topological polar surface area (TPSA) is 114 Å². The number of rotatable bonds is 4. The van der Waals surface area contributed by atoms with E-state index in [9.17, 15) is 24.6 Å². The van der Waals surface area contributed by atoms with Gasteiger partial charge in [0.25, 0.3) is 11.8 Å². The highest BCUT2D eigenvalue weighted by Gasteiger charge is 2.56. The second kappa shape index (κ2) is 8.02. The number of benzene rings is 4. The van der Waals surface area contributed by atoms with Gasteiger partial charge in [-0.25, -0.2) is 4.79 Å². The monoisotopic (exact) mass is 571 g/mol. The number of hydrogen-bond acceptors (Lipinski definition) is 5. The number of carbonyl (C=O) groups excluding carboxylic acids is 2. The fourth-order valence-electron chi connectivity index (χ4n) is 8.08. The van der Waals surface area contributed by atoms with Crippen molar-refractivity contribution in [1.82, 2.24) is 14.0 Å². The van der Waals surface area contributed by atoms with E-state index >= 15 is 0 Å². The van der Waals surface area contributed by atoms with E-state index < -0.39 is 17.6 Å². The molecule has 0 radical (unpaired) electrons. The highest BCUT2D eigenvalue weighted by Crippen LogP contribution is 2.57. The highest BCUT2D eigenvalue weighted by atomic mass is 16.5. The second-order valence-corrected chi connectivity index (χ2v) is 11.9. The maximum Gasteiger partial charge on any atom is 0.337 e. The predicted molar refractivity (Wildman–Crippen MR) is 160 cm³/mol. The number of carboxylic acid groups (broad SMARTS) is 1. The van der Waals surface area contributed by atoms with Crippen molar-refractivity contribution < 1.29 is 29.3 Å². The molecule has 0 spiro atoms. The SMILES string of the molecule is COc1ccc(CN2C(=O)c3c(c4c5ccccc5n5c4c4c3c3ccccc3n4C3CC5C(O)(C(=O)O)C3)C2=O)cc1. The Kier molecular flexibility index (Phi) is 4.56. The van der Waals surface area contributed by atoms with Crippen LogP contribution in [0, 0.1) is 0 Å². The summed E-state index contributed by atoms with van der Waals surface area (Å²) < 4.78 is 9.33. The third-order valence-electron chi connectivity index (χ3n) is 9.85. The van der Waals surface area contributed by atoms with E-state index in [0.29, 0.717) is 39.6 Å². The van der Waals surface area contributed by atoms with Crippen LogP contribution in [-0.2, 0) is 11.3 Å². The Hall–Kier alpha value is -5.15. The molecule has 3 aliphatic rings. The average molecular weight is 572 g/mol. The maximum atomic E-state index is 14.4. The zero-order valence-electron chi connectivity index (χ0n) is 23.1. The lowest BCUT2D eigenvalue weighted by Crippen LogP contribution is -2.43. The van der Waals surface area contributed by atoms with E-state index in [2.05, 4.69) is 4.57 Å². The van der Waals surface area contributed by atoms with Crippen LogP contribution in [0.15, 0.2) is 72.8 Å². The Morgan fingerprint density at radius 1 is 0.860 bits per heavy atom. The lowest BCUT2D eigenvalue weighted by atomic mass is 9.95. The summed E-state index contributed by atoms with van der Waals surface area (Å²) in [6.45, 7) is 0.0978. The number of hydrogen-bond donors (Lipinski definition) is 2. The van der Waals surface area contributed by atoms with Crippen molar-refractivity contribution in [3.05, 3.63) is 89.5 Å². The summed E-state index contributed by atoms with van der Waals surface area (Å²) in [4.78, 5) is 42.8. The highest BCUT2D eigenvalue weighted by molar-refractivity contribution is 6.39. The number of amides is 2. The van der Waals surface area contributed by atoms with Gasteiger partial charge in [-0.2, -0.15) is 0 Å². The number of para-hydroxylation sites is 2. The molecule has 2 aliphatic heterocycles. The molecular weight excluding hydrogens is 546 g/mol.